The number of benzene rings is 4. The maximum atomic E-state index is 14.8. The number of rotatable bonds is 6. The normalized spacial score (nSPS) is 18.4. The van der Waals surface area contributed by atoms with Crippen molar-refractivity contribution in [3.8, 4) is 11.1 Å². The molecule has 4 aromatic carbocycles. The van der Waals surface area contributed by atoms with Gasteiger partial charge in [0.05, 0.1) is 0 Å². The van der Waals surface area contributed by atoms with E-state index in [2.05, 4.69) is 119 Å². The molecule has 9 heteroatoms. The third-order valence-corrected chi connectivity index (χ3v) is 22.3. The summed E-state index contributed by atoms with van der Waals surface area (Å²) >= 11 is -3.96. The zero-order chi connectivity index (χ0) is 43.6. The number of hydrogen-bond donors (Lipinski definition) is 0. The second-order valence-corrected chi connectivity index (χ2v) is 25.5. The maximum absolute atomic E-state index is 14.8. The van der Waals surface area contributed by atoms with Gasteiger partial charge in [0.1, 0.15) is 0 Å². The monoisotopic (exact) mass is 964 g/mol. The van der Waals surface area contributed by atoms with E-state index in [0.29, 0.717) is 20.8 Å². The minimum Gasteiger partial charge on any atom is -1.00 e. The molecule has 0 fully saturated rings. The van der Waals surface area contributed by atoms with Crippen LogP contribution in [0.5, 0.6) is 0 Å². The van der Waals surface area contributed by atoms with Crippen LogP contribution in [0.4, 0.5) is 26.3 Å². The van der Waals surface area contributed by atoms with E-state index in [-0.39, 0.29) is 50.6 Å². The van der Waals surface area contributed by atoms with Gasteiger partial charge in [0.15, 0.2) is 0 Å². The molecule has 0 amide bonds. The SMILES string of the molecule is CCC1=[C]([Zr+2](=[C](c2cccc(C(F)(F)F)c2)c2cccc(C(F)(F)F)c2)[CH]2c3cc4c(cc3-c3cc5c(cc32)C(C)(C)C=C5C)C(C)=CC4(C)C)C(CC)C=C1C(C)(C)C.[Cl-].[Cl-]. The molecular formula is C53H54Cl2F6Zr. The largest absolute Gasteiger partial charge is 1.00 e. The minimum absolute atomic E-state index is 0. The molecule has 0 heterocycles. The van der Waals surface area contributed by atoms with Crippen LogP contribution in [0, 0.1) is 11.3 Å². The molecule has 0 saturated heterocycles. The Hall–Kier alpha value is -3.25. The summed E-state index contributed by atoms with van der Waals surface area (Å²) in [5.74, 6) is -0.00719. The summed E-state index contributed by atoms with van der Waals surface area (Å²) in [4.78, 5) is 0. The summed E-state index contributed by atoms with van der Waals surface area (Å²) in [6.07, 6.45) is -0.798. The molecule has 0 nitrogen and oxygen atoms in total. The Morgan fingerprint density at radius 3 is 1.44 bits per heavy atom. The predicted molar refractivity (Wildman–Crippen MR) is 232 cm³/mol. The van der Waals surface area contributed by atoms with E-state index in [1.807, 2.05) is 0 Å². The van der Waals surface area contributed by atoms with Gasteiger partial charge in [0.2, 0.25) is 0 Å². The Kier molecular flexibility index (Phi) is 12.7. The second kappa shape index (κ2) is 16.3. The van der Waals surface area contributed by atoms with Crippen LogP contribution in [0.2, 0.25) is 0 Å². The first-order valence-corrected chi connectivity index (χ1v) is 25.1. The van der Waals surface area contributed by atoms with Crippen LogP contribution in [-0.4, -0.2) is 3.21 Å². The van der Waals surface area contributed by atoms with Crippen molar-refractivity contribution in [3.05, 3.63) is 161 Å². The number of fused-ring (bicyclic) bond motifs is 5. The van der Waals surface area contributed by atoms with Crippen LogP contribution >= 0.6 is 0 Å². The van der Waals surface area contributed by atoms with Crippen LogP contribution in [0.3, 0.4) is 0 Å². The Labute approximate surface area is 383 Å². The first-order valence-electron chi connectivity index (χ1n) is 21.2. The number of allylic oxidation sites excluding steroid dienone is 8. The molecular weight excluding hydrogens is 913 g/mol. The van der Waals surface area contributed by atoms with Crippen molar-refractivity contribution in [3.63, 3.8) is 0 Å². The van der Waals surface area contributed by atoms with Crippen LogP contribution in [-0.2, 0) is 44.4 Å². The van der Waals surface area contributed by atoms with Gasteiger partial charge in [-0.1, -0.05) is 0 Å². The van der Waals surface area contributed by atoms with Crippen LogP contribution in [0.1, 0.15) is 148 Å². The van der Waals surface area contributed by atoms with E-state index >= 15 is 0 Å². The van der Waals surface area contributed by atoms with Crippen LogP contribution in [0.25, 0.3) is 22.3 Å². The van der Waals surface area contributed by atoms with Crippen molar-refractivity contribution in [2.75, 3.05) is 0 Å². The first kappa shape index (κ1) is 48.2. The molecule has 326 valence electrons. The first-order chi connectivity index (χ1) is 27.9. The Bertz CT molecular complexity index is 2510. The summed E-state index contributed by atoms with van der Waals surface area (Å²) in [5.41, 5.74) is 12.6. The molecule has 4 aliphatic rings. The van der Waals surface area contributed by atoms with Gasteiger partial charge < -0.3 is 24.8 Å². The average molecular weight is 967 g/mol. The van der Waals surface area contributed by atoms with E-state index in [9.17, 15) is 26.3 Å². The Morgan fingerprint density at radius 1 is 0.629 bits per heavy atom. The summed E-state index contributed by atoms with van der Waals surface area (Å²) < 4.78 is 90.3. The van der Waals surface area contributed by atoms with Crippen molar-refractivity contribution >= 4 is 14.4 Å². The molecule has 4 aromatic rings. The maximum Gasteiger partial charge on any atom is -1.00 e. The molecule has 0 aromatic heterocycles. The smallest absolute Gasteiger partial charge is 1.00 e. The summed E-state index contributed by atoms with van der Waals surface area (Å²) in [6, 6.07) is 20.2. The van der Waals surface area contributed by atoms with Crippen molar-refractivity contribution in [1.82, 2.24) is 0 Å². The zero-order valence-electron chi connectivity index (χ0n) is 37.3. The molecule has 1 atom stereocenters. The van der Waals surface area contributed by atoms with Gasteiger partial charge >= 0.3 is 361 Å². The van der Waals surface area contributed by atoms with Gasteiger partial charge in [-0.05, 0) is 0 Å². The quantitative estimate of drug-likeness (QED) is 0.169. The molecule has 62 heavy (non-hydrogen) atoms. The summed E-state index contributed by atoms with van der Waals surface area (Å²) in [7, 11) is 0. The standard InChI is InChI=1S/C25H25.C15H8F6.C13H21.2ClH.Zr/c1-14-12-24(3,4)22-8-16-7-17-9-23-19(15(2)13-25(23,5)6)11-21(17)20(16)10-18(14)22;16-14(17,18)12-5-1-3-10(8-12)7-11-4-2-6-13(9-11)15(19,20)21;1-6-10-8-11(7-2)12(9-10)13(3,4)5;;;/h7-13H,1-6H3;1-6,8-9H;9-10H,6-7H2,1-5H3;2*1H;/q;;;;;+2/p-2. The number of halogens is 8. The topological polar surface area (TPSA) is 0 Å². The average Bonchev–Trinajstić information content (AvgIpc) is 3.83. The van der Waals surface area contributed by atoms with Crippen molar-refractivity contribution in [2.45, 2.75) is 116 Å². The van der Waals surface area contributed by atoms with E-state index in [0.717, 1.165) is 40.8 Å². The number of hydrogen-bond acceptors (Lipinski definition) is 0. The molecule has 0 bridgehead atoms. The van der Waals surface area contributed by atoms with Gasteiger partial charge in [-0.25, -0.2) is 0 Å². The molecule has 0 radical (unpaired) electrons. The van der Waals surface area contributed by atoms with E-state index < -0.39 is 44.7 Å². The third-order valence-electron chi connectivity index (χ3n) is 13.5. The molecule has 0 spiro atoms. The van der Waals surface area contributed by atoms with E-state index in [4.69, 9.17) is 0 Å². The second-order valence-electron chi connectivity index (χ2n) is 19.5. The van der Waals surface area contributed by atoms with Crippen molar-refractivity contribution < 1.29 is 72.4 Å². The molecule has 0 aliphatic heterocycles. The minimum atomic E-state index is -4.65. The fraction of sp³-hybridized carbons (Fsp3) is 0.377. The van der Waals surface area contributed by atoms with Gasteiger partial charge in [-0.2, -0.15) is 0 Å². The Balaban J connectivity index is 0.00000321. The van der Waals surface area contributed by atoms with Crippen LogP contribution in [0.15, 0.2) is 105 Å². The molecule has 4 aliphatic carbocycles. The zero-order valence-corrected chi connectivity index (χ0v) is 41.2. The van der Waals surface area contributed by atoms with Crippen LogP contribution < -0.4 is 24.8 Å². The molecule has 0 N–H and O–H groups in total. The van der Waals surface area contributed by atoms with Gasteiger partial charge in [-0.3, -0.25) is 0 Å². The fourth-order valence-electron chi connectivity index (χ4n) is 10.9. The van der Waals surface area contributed by atoms with Gasteiger partial charge in [0.25, 0.3) is 0 Å². The Morgan fingerprint density at radius 2 is 1.06 bits per heavy atom. The van der Waals surface area contributed by atoms with Crippen molar-refractivity contribution in [1.29, 1.82) is 0 Å². The van der Waals surface area contributed by atoms with E-state index in [1.165, 1.54) is 72.1 Å². The van der Waals surface area contributed by atoms with Crippen molar-refractivity contribution in [2.24, 2.45) is 11.3 Å². The van der Waals surface area contributed by atoms with E-state index in [1.54, 1.807) is 12.1 Å². The fourth-order valence-corrected chi connectivity index (χ4v) is 21.3. The summed E-state index contributed by atoms with van der Waals surface area (Å²) in [6.45, 7) is 24.1. The van der Waals surface area contributed by atoms with Gasteiger partial charge in [-0.15, -0.1) is 0 Å². The van der Waals surface area contributed by atoms with Gasteiger partial charge in [0, 0.05) is 0 Å². The summed E-state index contributed by atoms with van der Waals surface area (Å²) in [5, 5.41) is 0. The number of alkyl halides is 6. The molecule has 1 unspecified atom stereocenters. The third kappa shape index (κ3) is 7.97. The molecule has 0 saturated carbocycles. The molecule has 8 rings (SSSR count). The predicted octanol–water partition coefficient (Wildman–Crippen LogP) is 9.75.